The third-order valence-corrected chi connectivity index (χ3v) is 6.15. The minimum atomic E-state index is -0.538. The van der Waals surface area contributed by atoms with Crippen molar-refractivity contribution < 1.29 is 9.59 Å². The van der Waals surface area contributed by atoms with Gasteiger partial charge in [0.15, 0.2) is 12.2 Å². The molecular formula is C23H30N6O2. The predicted octanol–water partition coefficient (Wildman–Crippen LogP) is 2.38. The minimum Gasteiger partial charge on any atom is -0.328 e. The molecule has 1 fully saturated rings. The van der Waals surface area contributed by atoms with Crippen molar-refractivity contribution in [3.63, 3.8) is 0 Å². The number of hydrogen-bond donors (Lipinski definition) is 0. The van der Waals surface area contributed by atoms with Crippen LogP contribution in [-0.4, -0.2) is 75.2 Å². The molecule has 1 aromatic carbocycles. The van der Waals surface area contributed by atoms with Crippen LogP contribution in [0.2, 0.25) is 0 Å². The summed E-state index contributed by atoms with van der Waals surface area (Å²) in [4.78, 5) is 35.9. The van der Waals surface area contributed by atoms with Gasteiger partial charge in [-0.05, 0) is 37.3 Å². The van der Waals surface area contributed by atoms with Crippen LogP contribution in [-0.2, 0) is 24.1 Å². The van der Waals surface area contributed by atoms with Crippen molar-refractivity contribution in [2.75, 3.05) is 20.6 Å². The number of benzene rings is 1. The van der Waals surface area contributed by atoms with E-state index in [-0.39, 0.29) is 11.9 Å². The van der Waals surface area contributed by atoms with Crippen LogP contribution in [0.15, 0.2) is 41.4 Å². The second-order valence-corrected chi connectivity index (χ2v) is 8.12. The van der Waals surface area contributed by atoms with Crippen LogP contribution >= 0.6 is 0 Å². The molecule has 8 heteroatoms. The Balaban J connectivity index is 1.53. The molecule has 2 aliphatic rings. The van der Waals surface area contributed by atoms with Crippen LogP contribution in [0.1, 0.15) is 37.2 Å². The molecule has 0 radical (unpaired) electrons. The highest BCUT2D eigenvalue weighted by Gasteiger charge is 2.51. The standard InChI is InChI=1S/C23H30N6O2/c1-5-17-15-18(6-2)29(25-17)22-24-20-19(26(22)3)21(30)28(23(31)27(20)4)14-10-13-16-11-8-7-9-12-16/h7-9,11-12,15,19-20H,5-6,10,13-14H2,1-4H3. The molecule has 0 spiro atoms. The molecule has 0 N–H and O–H groups in total. The summed E-state index contributed by atoms with van der Waals surface area (Å²) in [6.45, 7) is 4.53. The number of urea groups is 1. The summed E-state index contributed by atoms with van der Waals surface area (Å²) in [5.41, 5.74) is 3.23. The largest absolute Gasteiger partial charge is 0.328 e. The van der Waals surface area contributed by atoms with Crippen LogP contribution < -0.4 is 0 Å². The van der Waals surface area contributed by atoms with Gasteiger partial charge in [0.05, 0.1) is 5.69 Å². The Morgan fingerprint density at radius 1 is 1.00 bits per heavy atom. The monoisotopic (exact) mass is 422 g/mol. The van der Waals surface area contributed by atoms with E-state index in [0.29, 0.717) is 12.5 Å². The summed E-state index contributed by atoms with van der Waals surface area (Å²) < 4.78 is 1.82. The Bertz CT molecular complexity index is 999. The number of aryl methyl sites for hydroxylation is 3. The molecule has 2 aliphatic heterocycles. The van der Waals surface area contributed by atoms with Gasteiger partial charge in [-0.3, -0.25) is 9.69 Å². The Kier molecular flexibility index (Phi) is 5.80. The fourth-order valence-electron chi connectivity index (χ4n) is 4.32. The zero-order chi connectivity index (χ0) is 22.1. The molecule has 0 bridgehead atoms. The molecule has 4 rings (SSSR count). The predicted molar refractivity (Wildman–Crippen MR) is 119 cm³/mol. The molecular weight excluding hydrogens is 392 g/mol. The highest BCUT2D eigenvalue weighted by molar-refractivity contribution is 6.04. The van der Waals surface area contributed by atoms with Crippen molar-refractivity contribution >= 4 is 17.9 Å². The summed E-state index contributed by atoms with van der Waals surface area (Å²) in [5, 5.41) is 4.68. The van der Waals surface area contributed by atoms with Crippen molar-refractivity contribution in [3.8, 4) is 0 Å². The van der Waals surface area contributed by atoms with Crippen molar-refractivity contribution in [3.05, 3.63) is 53.3 Å². The number of nitrogens with zero attached hydrogens (tertiary/aromatic N) is 6. The molecule has 3 amide bonds. The summed E-state index contributed by atoms with van der Waals surface area (Å²) >= 11 is 0. The Hall–Kier alpha value is -3.16. The smallest absolute Gasteiger partial charge is 0.328 e. The van der Waals surface area contributed by atoms with E-state index in [9.17, 15) is 9.59 Å². The number of carbonyl (C=O) groups excluding carboxylic acids is 2. The van der Waals surface area contributed by atoms with E-state index in [1.165, 1.54) is 10.5 Å². The third kappa shape index (κ3) is 3.71. The van der Waals surface area contributed by atoms with E-state index in [1.54, 1.807) is 11.9 Å². The second kappa shape index (κ2) is 8.53. The van der Waals surface area contributed by atoms with E-state index in [2.05, 4.69) is 37.1 Å². The van der Waals surface area contributed by atoms with Crippen LogP contribution in [0.5, 0.6) is 0 Å². The van der Waals surface area contributed by atoms with Crippen molar-refractivity contribution in [1.82, 2.24) is 24.5 Å². The number of aliphatic imine (C=N–C) groups is 1. The first-order chi connectivity index (χ1) is 15.0. The number of carbonyl (C=O) groups is 2. The average Bonchev–Trinajstić information content (AvgIpc) is 3.36. The molecule has 164 valence electrons. The van der Waals surface area contributed by atoms with Gasteiger partial charge in [0.1, 0.15) is 0 Å². The van der Waals surface area contributed by atoms with Gasteiger partial charge in [-0.1, -0.05) is 44.2 Å². The van der Waals surface area contributed by atoms with E-state index in [0.717, 1.165) is 37.1 Å². The zero-order valence-corrected chi connectivity index (χ0v) is 18.7. The summed E-state index contributed by atoms with van der Waals surface area (Å²) in [6.07, 6.45) is 2.65. The summed E-state index contributed by atoms with van der Waals surface area (Å²) in [7, 11) is 3.58. The number of rotatable bonds is 6. The number of hydrogen-bond acceptors (Lipinski definition) is 5. The highest BCUT2D eigenvalue weighted by Crippen LogP contribution is 2.28. The molecule has 1 aromatic heterocycles. The SMILES string of the molecule is CCc1cc(CC)n(C2=NC3C(C(=O)N(CCCc4ccccc4)C(=O)N3C)N2C)n1. The second-order valence-electron chi connectivity index (χ2n) is 8.12. The average molecular weight is 423 g/mol. The topological polar surface area (TPSA) is 74.0 Å². The van der Waals surface area contributed by atoms with Gasteiger partial charge < -0.3 is 9.80 Å². The summed E-state index contributed by atoms with van der Waals surface area (Å²) in [6, 6.07) is 11.4. The van der Waals surface area contributed by atoms with Crippen LogP contribution in [0.4, 0.5) is 4.79 Å². The third-order valence-electron chi connectivity index (χ3n) is 6.15. The van der Waals surface area contributed by atoms with Crippen LogP contribution in [0, 0.1) is 0 Å². The molecule has 3 heterocycles. The first kappa shape index (κ1) is 21.1. The lowest BCUT2D eigenvalue weighted by molar-refractivity contribution is -0.137. The van der Waals surface area contributed by atoms with E-state index in [4.69, 9.17) is 4.99 Å². The number of imide groups is 1. The number of amides is 3. The maximum absolute atomic E-state index is 13.3. The fourth-order valence-corrected chi connectivity index (χ4v) is 4.32. The van der Waals surface area contributed by atoms with Gasteiger partial charge in [0.25, 0.3) is 5.91 Å². The van der Waals surface area contributed by atoms with Crippen molar-refractivity contribution in [2.24, 2.45) is 4.99 Å². The molecule has 31 heavy (non-hydrogen) atoms. The lowest BCUT2D eigenvalue weighted by Crippen LogP contribution is -2.64. The maximum Gasteiger partial charge on any atom is 0.328 e. The molecule has 1 saturated heterocycles. The molecule has 2 atom stereocenters. The number of aromatic nitrogens is 2. The Labute approximate surface area is 183 Å². The molecule has 0 aliphatic carbocycles. The van der Waals surface area contributed by atoms with Crippen LogP contribution in [0.3, 0.4) is 0 Å². The zero-order valence-electron chi connectivity index (χ0n) is 18.7. The lowest BCUT2D eigenvalue weighted by Gasteiger charge is -2.40. The van der Waals surface area contributed by atoms with Gasteiger partial charge in [0, 0.05) is 26.3 Å². The van der Waals surface area contributed by atoms with Gasteiger partial charge in [0.2, 0.25) is 5.96 Å². The minimum absolute atomic E-state index is 0.191. The Morgan fingerprint density at radius 2 is 1.74 bits per heavy atom. The fraction of sp³-hybridized carbons (Fsp3) is 0.478. The van der Waals surface area contributed by atoms with E-state index >= 15 is 0 Å². The summed E-state index contributed by atoms with van der Waals surface area (Å²) in [5.74, 6) is 0.425. The molecule has 0 saturated carbocycles. The van der Waals surface area contributed by atoms with Crippen LogP contribution in [0.25, 0.3) is 0 Å². The number of fused-ring (bicyclic) bond motifs is 1. The Morgan fingerprint density at radius 3 is 2.42 bits per heavy atom. The lowest BCUT2D eigenvalue weighted by atomic mass is 10.1. The van der Waals surface area contributed by atoms with E-state index < -0.39 is 12.2 Å². The number of likely N-dealkylation sites (N-methyl/N-ethyl adjacent to an activating group) is 2. The van der Waals surface area contributed by atoms with Gasteiger partial charge in [-0.15, -0.1) is 0 Å². The molecule has 2 unspecified atom stereocenters. The quantitative estimate of drug-likeness (QED) is 0.716. The normalized spacial score (nSPS) is 21.0. The first-order valence-corrected chi connectivity index (χ1v) is 11.0. The van der Waals surface area contributed by atoms with E-state index in [1.807, 2.05) is 34.8 Å². The van der Waals surface area contributed by atoms with Crippen molar-refractivity contribution in [2.45, 2.75) is 51.7 Å². The van der Waals surface area contributed by atoms with Gasteiger partial charge >= 0.3 is 6.03 Å². The molecule has 8 nitrogen and oxygen atoms in total. The first-order valence-electron chi connectivity index (χ1n) is 11.0. The van der Waals surface area contributed by atoms with Crippen molar-refractivity contribution in [1.29, 1.82) is 0 Å². The highest BCUT2D eigenvalue weighted by atomic mass is 16.2. The maximum atomic E-state index is 13.3. The molecule has 2 aromatic rings. The van der Waals surface area contributed by atoms with Gasteiger partial charge in [-0.2, -0.15) is 5.10 Å². The van der Waals surface area contributed by atoms with Gasteiger partial charge in [-0.25, -0.2) is 14.5 Å².